The Morgan fingerprint density at radius 1 is 1.33 bits per heavy atom. The van der Waals surface area contributed by atoms with Crippen molar-refractivity contribution in [3.05, 3.63) is 23.8 Å². The van der Waals surface area contributed by atoms with Crippen LogP contribution in [0.3, 0.4) is 0 Å². The van der Waals surface area contributed by atoms with Gasteiger partial charge in [0.2, 0.25) is 0 Å². The molecule has 0 aliphatic rings. The molecule has 0 aliphatic heterocycles. The number of thioether (sulfide) groups is 1. The van der Waals surface area contributed by atoms with Gasteiger partial charge in [0.05, 0.1) is 13.7 Å². The zero-order valence-electron chi connectivity index (χ0n) is 11.7. The molecule has 102 valence electrons. The lowest BCUT2D eigenvalue weighted by molar-refractivity contribution is 0.310. The SMILES string of the molecule is CCOc1ccc(CNCC(C)SC)cc1OC. The maximum absolute atomic E-state index is 5.49. The number of rotatable bonds is 8. The predicted molar refractivity (Wildman–Crippen MR) is 78.8 cm³/mol. The largest absolute Gasteiger partial charge is 0.493 e. The molecule has 1 aromatic rings. The van der Waals surface area contributed by atoms with Gasteiger partial charge >= 0.3 is 0 Å². The lowest BCUT2D eigenvalue weighted by atomic mass is 10.2. The summed E-state index contributed by atoms with van der Waals surface area (Å²) in [5.41, 5.74) is 1.21. The zero-order valence-corrected chi connectivity index (χ0v) is 12.5. The van der Waals surface area contributed by atoms with Gasteiger partial charge in [-0.15, -0.1) is 0 Å². The fourth-order valence-electron chi connectivity index (χ4n) is 1.60. The number of ether oxygens (including phenoxy) is 2. The third-order valence-electron chi connectivity index (χ3n) is 2.69. The molecule has 4 heteroatoms. The summed E-state index contributed by atoms with van der Waals surface area (Å²) in [4.78, 5) is 0. The Balaban J connectivity index is 2.56. The molecule has 1 rings (SSSR count). The average Bonchev–Trinajstić information content (AvgIpc) is 2.40. The van der Waals surface area contributed by atoms with Crippen LogP contribution in [0.5, 0.6) is 11.5 Å². The molecule has 18 heavy (non-hydrogen) atoms. The first-order valence-corrected chi connectivity index (χ1v) is 7.53. The van der Waals surface area contributed by atoms with Crippen molar-refractivity contribution in [2.24, 2.45) is 0 Å². The lowest BCUT2D eigenvalue weighted by Crippen LogP contribution is -2.22. The topological polar surface area (TPSA) is 30.5 Å². The van der Waals surface area contributed by atoms with E-state index >= 15 is 0 Å². The minimum absolute atomic E-state index is 0.634. The van der Waals surface area contributed by atoms with E-state index in [0.29, 0.717) is 11.9 Å². The van der Waals surface area contributed by atoms with Gasteiger partial charge < -0.3 is 14.8 Å². The van der Waals surface area contributed by atoms with Gasteiger partial charge in [-0.05, 0) is 30.9 Å². The van der Waals surface area contributed by atoms with Gasteiger partial charge in [-0.1, -0.05) is 13.0 Å². The molecule has 0 amide bonds. The number of methoxy groups -OCH3 is 1. The highest BCUT2D eigenvalue weighted by Gasteiger charge is 2.05. The molecule has 0 spiro atoms. The predicted octanol–water partition coefficient (Wildman–Crippen LogP) is 2.94. The highest BCUT2D eigenvalue weighted by Crippen LogP contribution is 2.27. The Morgan fingerprint density at radius 2 is 2.11 bits per heavy atom. The quantitative estimate of drug-likeness (QED) is 0.786. The summed E-state index contributed by atoms with van der Waals surface area (Å²) in [6.45, 7) is 6.71. The van der Waals surface area contributed by atoms with E-state index in [0.717, 1.165) is 24.6 Å². The van der Waals surface area contributed by atoms with E-state index < -0.39 is 0 Å². The second-order valence-corrected chi connectivity index (χ2v) is 5.37. The summed E-state index contributed by atoms with van der Waals surface area (Å²) < 4.78 is 10.8. The van der Waals surface area contributed by atoms with Crippen molar-refractivity contribution in [2.75, 3.05) is 26.5 Å². The number of benzene rings is 1. The molecule has 0 aromatic heterocycles. The van der Waals surface area contributed by atoms with Gasteiger partial charge in [0.25, 0.3) is 0 Å². The van der Waals surface area contributed by atoms with Crippen LogP contribution in [0.25, 0.3) is 0 Å². The first-order valence-electron chi connectivity index (χ1n) is 6.24. The van der Waals surface area contributed by atoms with Crippen LogP contribution in [0.15, 0.2) is 18.2 Å². The highest BCUT2D eigenvalue weighted by atomic mass is 32.2. The van der Waals surface area contributed by atoms with Gasteiger partial charge in [-0.3, -0.25) is 0 Å². The Morgan fingerprint density at radius 3 is 2.72 bits per heavy atom. The Kier molecular flexibility index (Phi) is 6.98. The summed E-state index contributed by atoms with van der Waals surface area (Å²) in [6, 6.07) is 6.07. The molecular formula is C14H23NO2S. The lowest BCUT2D eigenvalue weighted by Gasteiger charge is -2.13. The molecule has 0 fully saturated rings. The van der Waals surface area contributed by atoms with E-state index in [2.05, 4.69) is 24.6 Å². The van der Waals surface area contributed by atoms with Gasteiger partial charge in [-0.2, -0.15) is 11.8 Å². The van der Waals surface area contributed by atoms with Crippen molar-refractivity contribution in [1.29, 1.82) is 0 Å². The fourth-order valence-corrected chi connectivity index (χ4v) is 1.88. The van der Waals surface area contributed by atoms with E-state index in [1.807, 2.05) is 30.8 Å². The van der Waals surface area contributed by atoms with Crippen molar-refractivity contribution in [2.45, 2.75) is 25.6 Å². The van der Waals surface area contributed by atoms with Crippen LogP contribution in [0.2, 0.25) is 0 Å². The average molecular weight is 269 g/mol. The van der Waals surface area contributed by atoms with E-state index in [-0.39, 0.29) is 0 Å². The molecule has 3 nitrogen and oxygen atoms in total. The van der Waals surface area contributed by atoms with Crippen molar-refractivity contribution in [3.8, 4) is 11.5 Å². The van der Waals surface area contributed by atoms with Crippen molar-refractivity contribution < 1.29 is 9.47 Å². The fraction of sp³-hybridized carbons (Fsp3) is 0.571. The van der Waals surface area contributed by atoms with Crippen LogP contribution in [-0.2, 0) is 6.54 Å². The summed E-state index contributed by atoms with van der Waals surface area (Å²) in [5.74, 6) is 1.61. The van der Waals surface area contributed by atoms with Crippen molar-refractivity contribution in [3.63, 3.8) is 0 Å². The van der Waals surface area contributed by atoms with Gasteiger partial charge in [-0.25, -0.2) is 0 Å². The number of nitrogens with one attached hydrogen (secondary N) is 1. The summed E-state index contributed by atoms with van der Waals surface area (Å²) in [7, 11) is 1.67. The Hall–Kier alpha value is -0.870. The van der Waals surface area contributed by atoms with Gasteiger partial charge in [0.15, 0.2) is 11.5 Å². The summed E-state index contributed by atoms with van der Waals surface area (Å²) >= 11 is 1.87. The van der Waals surface area contributed by atoms with Gasteiger partial charge in [0.1, 0.15) is 0 Å². The van der Waals surface area contributed by atoms with Crippen LogP contribution in [0.1, 0.15) is 19.4 Å². The molecular weight excluding hydrogens is 246 g/mol. The molecule has 1 aromatic carbocycles. The molecule has 1 unspecified atom stereocenters. The highest BCUT2D eigenvalue weighted by molar-refractivity contribution is 7.99. The van der Waals surface area contributed by atoms with Crippen LogP contribution in [-0.4, -0.2) is 31.8 Å². The number of hydrogen-bond acceptors (Lipinski definition) is 4. The normalized spacial score (nSPS) is 12.2. The minimum atomic E-state index is 0.634. The second-order valence-electron chi connectivity index (χ2n) is 4.10. The van der Waals surface area contributed by atoms with Crippen LogP contribution < -0.4 is 14.8 Å². The van der Waals surface area contributed by atoms with Crippen LogP contribution in [0.4, 0.5) is 0 Å². The van der Waals surface area contributed by atoms with Crippen molar-refractivity contribution >= 4 is 11.8 Å². The van der Waals surface area contributed by atoms with E-state index in [1.165, 1.54) is 5.56 Å². The van der Waals surface area contributed by atoms with Crippen molar-refractivity contribution in [1.82, 2.24) is 5.32 Å². The summed E-state index contributed by atoms with van der Waals surface area (Å²) in [5, 5.41) is 4.07. The maximum atomic E-state index is 5.49. The standard InChI is InChI=1S/C14H23NO2S/c1-5-17-13-7-6-12(8-14(13)16-3)10-15-9-11(2)18-4/h6-8,11,15H,5,9-10H2,1-4H3. The second kappa shape index (κ2) is 8.27. The summed E-state index contributed by atoms with van der Waals surface area (Å²) in [6.07, 6.45) is 2.13. The number of hydrogen-bond donors (Lipinski definition) is 1. The smallest absolute Gasteiger partial charge is 0.161 e. The maximum Gasteiger partial charge on any atom is 0.161 e. The van der Waals surface area contributed by atoms with E-state index in [1.54, 1.807) is 7.11 Å². The van der Waals surface area contributed by atoms with Crippen LogP contribution >= 0.6 is 11.8 Å². The van der Waals surface area contributed by atoms with E-state index in [4.69, 9.17) is 9.47 Å². The molecule has 1 atom stereocenters. The zero-order chi connectivity index (χ0) is 13.4. The molecule has 0 saturated heterocycles. The molecule has 0 aliphatic carbocycles. The Bertz CT molecular complexity index is 358. The minimum Gasteiger partial charge on any atom is -0.493 e. The van der Waals surface area contributed by atoms with Crippen LogP contribution in [0, 0.1) is 0 Å². The molecule has 0 bridgehead atoms. The Labute approximate surface area is 114 Å². The monoisotopic (exact) mass is 269 g/mol. The van der Waals surface area contributed by atoms with Gasteiger partial charge in [0, 0.05) is 18.3 Å². The molecule has 0 radical (unpaired) electrons. The first-order chi connectivity index (χ1) is 8.71. The molecule has 1 N–H and O–H groups in total. The van der Waals surface area contributed by atoms with E-state index in [9.17, 15) is 0 Å². The first kappa shape index (κ1) is 15.2. The molecule has 0 heterocycles. The third-order valence-corrected chi connectivity index (χ3v) is 3.66. The third kappa shape index (κ3) is 4.78. The molecule has 0 saturated carbocycles.